The summed E-state index contributed by atoms with van der Waals surface area (Å²) in [5.74, 6) is 0.286. The second kappa shape index (κ2) is 6.85. The molecule has 0 saturated carbocycles. The van der Waals surface area contributed by atoms with Crippen molar-refractivity contribution in [2.45, 2.75) is 24.4 Å². The molecule has 6 nitrogen and oxygen atoms in total. The lowest BCUT2D eigenvalue weighted by molar-refractivity contribution is 0.180. The standard InChI is InChI=1S/C12H20N2O4S/c1-9(8-17-2)14-19(15,16)12-6-10(7-13)4-5-11(12)18-3/h4-6,9,14H,7-8,13H2,1-3H3. The summed E-state index contributed by atoms with van der Waals surface area (Å²) in [6, 6.07) is 4.51. The summed E-state index contributed by atoms with van der Waals surface area (Å²) in [6.07, 6.45) is 0. The summed E-state index contributed by atoms with van der Waals surface area (Å²) in [5.41, 5.74) is 6.25. The third-order valence-corrected chi connectivity index (χ3v) is 4.14. The number of rotatable bonds is 7. The molecule has 108 valence electrons. The Morgan fingerprint density at radius 3 is 2.58 bits per heavy atom. The highest BCUT2D eigenvalue weighted by Gasteiger charge is 2.22. The van der Waals surface area contributed by atoms with E-state index in [0.717, 1.165) is 5.56 Å². The first-order valence-corrected chi connectivity index (χ1v) is 7.31. The third kappa shape index (κ3) is 4.17. The minimum absolute atomic E-state index is 0.0842. The summed E-state index contributed by atoms with van der Waals surface area (Å²) in [5, 5.41) is 0. The lowest BCUT2D eigenvalue weighted by atomic mass is 10.2. The van der Waals surface area contributed by atoms with Gasteiger partial charge in [-0.25, -0.2) is 13.1 Å². The van der Waals surface area contributed by atoms with E-state index in [9.17, 15) is 8.42 Å². The quantitative estimate of drug-likeness (QED) is 0.761. The van der Waals surface area contributed by atoms with Crippen molar-refractivity contribution in [2.75, 3.05) is 20.8 Å². The Morgan fingerprint density at radius 1 is 1.37 bits per heavy atom. The Kier molecular flexibility index (Phi) is 5.74. The SMILES string of the molecule is COCC(C)NS(=O)(=O)c1cc(CN)ccc1OC. The van der Waals surface area contributed by atoms with Gasteiger partial charge in [0.2, 0.25) is 10.0 Å². The molecule has 0 bridgehead atoms. The smallest absolute Gasteiger partial charge is 0.244 e. The molecule has 0 heterocycles. The van der Waals surface area contributed by atoms with Gasteiger partial charge in [-0.2, -0.15) is 0 Å². The number of hydrogen-bond donors (Lipinski definition) is 2. The Bertz CT molecular complexity index is 516. The van der Waals surface area contributed by atoms with E-state index in [1.165, 1.54) is 20.3 Å². The van der Waals surface area contributed by atoms with Crippen LogP contribution in [0.4, 0.5) is 0 Å². The van der Waals surface area contributed by atoms with Crippen molar-refractivity contribution in [3.05, 3.63) is 23.8 Å². The molecule has 1 rings (SSSR count). The molecule has 0 aliphatic heterocycles. The Labute approximate surface area is 113 Å². The van der Waals surface area contributed by atoms with Crippen LogP contribution in [0, 0.1) is 0 Å². The molecule has 0 aliphatic rings. The van der Waals surface area contributed by atoms with Gasteiger partial charge in [0.1, 0.15) is 10.6 Å². The van der Waals surface area contributed by atoms with Gasteiger partial charge in [-0.05, 0) is 24.6 Å². The Balaban J connectivity index is 3.11. The maximum atomic E-state index is 12.3. The number of ether oxygens (including phenoxy) is 2. The van der Waals surface area contributed by atoms with E-state index in [1.54, 1.807) is 19.1 Å². The molecule has 1 aromatic rings. The van der Waals surface area contributed by atoms with E-state index >= 15 is 0 Å². The maximum Gasteiger partial charge on any atom is 0.244 e. The largest absolute Gasteiger partial charge is 0.495 e. The highest BCUT2D eigenvalue weighted by molar-refractivity contribution is 7.89. The molecule has 1 atom stereocenters. The first kappa shape index (κ1) is 15.9. The molecule has 0 spiro atoms. The average Bonchev–Trinajstić information content (AvgIpc) is 2.37. The van der Waals surface area contributed by atoms with Crippen LogP contribution in [-0.4, -0.2) is 35.3 Å². The van der Waals surface area contributed by atoms with Gasteiger partial charge in [-0.1, -0.05) is 6.07 Å². The molecule has 0 aliphatic carbocycles. The van der Waals surface area contributed by atoms with Gasteiger partial charge in [0.25, 0.3) is 0 Å². The molecule has 1 aromatic carbocycles. The van der Waals surface area contributed by atoms with Crippen molar-refractivity contribution in [1.82, 2.24) is 4.72 Å². The predicted octanol–water partition coefficient (Wildman–Crippen LogP) is 0.467. The first-order chi connectivity index (χ1) is 8.94. The minimum atomic E-state index is -3.67. The predicted molar refractivity (Wildman–Crippen MR) is 72.5 cm³/mol. The molecule has 0 amide bonds. The van der Waals surface area contributed by atoms with Gasteiger partial charge in [-0.3, -0.25) is 0 Å². The summed E-state index contributed by atoms with van der Waals surface area (Å²) in [6.45, 7) is 2.28. The van der Waals surface area contributed by atoms with Crippen molar-refractivity contribution < 1.29 is 17.9 Å². The molecular formula is C12H20N2O4S. The molecule has 0 aromatic heterocycles. The fourth-order valence-corrected chi connectivity index (χ4v) is 3.12. The molecule has 0 fully saturated rings. The highest BCUT2D eigenvalue weighted by atomic mass is 32.2. The van der Waals surface area contributed by atoms with E-state index in [0.29, 0.717) is 0 Å². The van der Waals surface area contributed by atoms with E-state index in [4.69, 9.17) is 15.2 Å². The normalized spacial score (nSPS) is 13.3. The van der Waals surface area contributed by atoms with Gasteiger partial charge in [-0.15, -0.1) is 0 Å². The van der Waals surface area contributed by atoms with Crippen LogP contribution in [0.25, 0.3) is 0 Å². The van der Waals surface area contributed by atoms with Gasteiger partial charge < -0.3 is 15.2 Å². The molecule has 19 heavy (non-hydrogen) atoms. The summed E-state index contributed by atoms with van der Waals surface area (Å²) >= 11 is 0. The third-order valence-electron chi connectivity index (χ3n) is 2.53. The van der Waals surface area contributed by atoms with Crippen LogP contribution < -0.4 is 15.2 Å². The molecule has 0 saturated heterocycles. The van der Waals surface area contributed by atoms with Crippen molar-refractivity contribution in [3.8, 4) is 5.75 Å². The fourth-order valence-electron chi connectivity index (χ4n) is 1.67. The highest BCUT2D eigenvalue weighted by Crippen LogP contribution is 2.24. The number of nitrogens with one attached hydrogen (secondary N) is 1. The van der Waals surface area contributed by atoms with Gasteiger partial charge in [0.05, 0.1) is 13.7 Å². The van der Waals surface area contributed by atoms with Crippen LogP contribution in [-0.2, 0) is 21.3 Å². The fraction of sp³-hybridized carbons (Fsp3) is 0.500. The molecule has 7 heteroatoms. The van der Waals surface area contributed by atoms with E-state index < -0.39 is 10.0 Å². The van der Waals surface area contributed by atoms with Crippen molar-refractivity contribution in [3.63, 3.8) is 0 Å². The zero-order valence-corrected chi connectivity index (χ0v) is 12.2. The van der Waals surface area contributed by atoms with Crippen molar-refractivity contribution >= 4 is 10.0 Å². The number of nitrogens with two attached hydrogens (primary N) is 1. The first-order valence-electron chi connectivity index (χ1n) is 5.82. The van der Waals surface area contributed by atoms with Crippen molar-refractivity contribution in [2.24, 2.45) is 5.73 Å². The molecule has 3 N–H and O–H groups in total. The molecule has 0 radical (unpaired) electrons. The monoisotopic (exact) mass is 288 g/mol. The Hall–Kier alpha value is -1.15. The second-order valence-corrected chi connectivity index (χ2v) is 5.85. The van der Waals surface area contributed by atoms with E-state index in [1.807, 2.05) is 0 Å². The van der Waals surface area contributed by atoms with Crippen molar-refractivity contribution in [1.29, 1.82) is 0 Å². The maximum absolute atomic E-state index is 12.3. The average molecular weight is 288 g/mol. The lowest BCUT2D eigenvalue weighted by Gasteiger charge is -2.15. The van der Waals surface area contributed by atoms with Gasteiger partial charge in [0, 0.05) is 19.7 Å². The zero-order valence-electron chi connectivity index (χ0n) is 11.3. The number of methoxy groups -OCH3 is 2. The van der Waals surface area contributed by atoms with Gasteiger partial charge >= 0.3 is 0 Å². The number of hydrogen-bond acceptors (Lipinski definition) is 5. The van der Waals surface area contributed by atoms with E-state index in [2.05, 4.69) is 4.72 Å². The zero-order chi connectivity index (χ0) is 14.5. The van der Waals surface area contributed by atoms with Gasteiger partial charge in [0.15, 0.2) is 0 Å². The summed E-state index contributed by atoms with van der Waals surface area (Å²) in [4.78, 5) is 0.0842. The van der Waals surface area contributed by atoms with E-state index in [-0.39, 0.29) is 29.8 Å². The minimum Gasteiger partial charge on any atom is -0.495 e. The second-order valence-electron chi connectivity index (χ2n) is 4.17. The van der Waals surface area contributed by atoms with Crippen LogP contribution in [0.15, 0.2) is 23.1 Å². The Morgan fingerprint density at radius 2 is 2.05 bits per heavy atom. The van der Waals surface area contributed by atoms with Crippen LogP contribution in [0.2, 0.25) is 0 Å². The summed E-state index contributed by atoms with van der Waals surface area (Å²) in [7, 11) is -0.728. The van der Waals surface area contributed by atoms with Crippen LogP contribution in [0.1, 0.15) is 12.5 Å². The molecule has 1 unspecified atom stereocenters. The molecular weight excluding hydrogens is 268 g/mol. The van der Waals surface area contributed by atoms with Crippen LogP contribution >= 0.6 is 0 Å². The van der Waals surface area contributed by atoms with Crippen LogP contribution in [0.3, 0.4) is 0 Å². The number of benzene rings is 1. The lowest BCUT2D eigenvalue weighted by Crippen LogP contribution is -2.35. The summed E-state index contributed by atoms with van der Waals surface area (Å²) < 4.78 is 37.1. The topological polar surface area (TPSA) is 90.7 Å². The number of sulfonamides is 1. The van der Waals surface area contributed by atoms with Crippen LogP contribution in [0.5, 0.6) is 5.75 Å².